The minimum absolute atomic E-state index is 0.483. The third-order valence-electron chi connectivity index (χ3n) is 1.52. The second kappa shape index (κ2) is 3.98. The summed E-state index contributed by atoms with van der Waals surface area (Å²) in [6, 6.07) is 3.54. The first-order chi connectivity index (χ1) is 5.34. The molecule has 0 fully saturated rings. The molecule has 0 amide bonds. The van der Waals surface area contributed by atoms with Gasteiger partial charge < -0.3 is 9.52 Å². The number of hydrogen-bond acceptors (Lipinski definition) is 2. The van der Waals surface area contributed by atoms with Crippen molar-refractivity contribution in [2.24, 2.45) is 0 Å². The van der Waals surface area contributed by atoms with Crippen molar-refractivity contribution in [3.63, 3.8) is 0 Å². The van der Waals surface area contributed by atoms with Gasteiger partial charge in [0.1, 0.15) is 11.9 Å². The molecule has 11 heavy (non-hydrogen) atoms. The fourth-order valence-electron chi connectivity index (χ4n) is 0.899. The first-order valence-electron chi connectivity index (χ1n) is 3.67. The number of furan rings is 1. The van der Waals surface area contributed by atoms with E-state index in [0.717, 1.165) is 6.42 Å². The Labute approximate surface area is 66.2 Å². The highest BCUT2D eigenvalue weighted by molar-refractivity contribution is 5.01. The van der Waals surface area contributed by atoms with Crippen molar-refractivity contribution in [3.8, 4) is 0 Å². The molecular formula is C9H12O2. The molecule has 2 nitrogen and oxygen atoms in total. The van der Waals surface area contributed by atoms with Crippen molar-refractivity contribution in [2.75, 3.05) is 0 Å². The molecule has 1 rings (SSSR count). The van der Waals surface area contributed by atoms with Crippen molar-refractivity contribution >= 4 is 0 Å². The lowest BCUT2D eigenvalue weighted by atomic mass is 10.1. The van der Waals surface area contributed by atoms with Crippen LogP contribution in [0.3, 0.4) is 0 Å². The average Bonchev–Trinajstić information content (AvgIpc) is 2.52. The molecular weight excluding hydrogens is 140 g/mol. The largest absolute Gasteiger partial charge is 0.467 e. The number of allylic oxidation sites excluding steroid dienone is 1. The van der Waals surface area contributed by atoms with Gasteiger partial charge in [0.25, 0.3) is 0 Å². The quantitative estimate of drug-likeness (QED) is 0.671. The predicted molar refractivity (Wildman–Crippen MR) is 43.1 cm³/mol. The summed E-state index contributed by atoms with van der Waals surface area (Å²) in [6.07, 6.45) is 4.35. The molecule has 0 spiro atoms. The maximum Gasteiger partial charge on any atom is 0.132 e. The van der Waals surface area contributed by atoms with Crippen molar-refractivity contribution in [2.45, 2.75) is 18.9 Å². The van der Waals surface area contributed by atoms with E-state index in [-0.39, 0.29) is 0 Å². The minimum Gasteiger partial charge on any atom is -0.467 e. The fraction of sp³-hybridized carbons (Fsp3) is 0.333. The topological polar surface area (TPSA) is 33.4 Å². The number of aliphatic hydroxyl groups is 1. The molecule has 0 saturated carbocycles. The summed E-state index contributed by atoms with van der Waals surface area (Å²) in [5.41, 5.74) is 0. The molecule has 0 bridgehead atoms. The second-order valence-electron chi connectivity index (χ2n) is 2.40. The summed E-state index contributed by atoms with van der Waals surface area (Å²) in [4.78, 5) is 0. The molecule has 0 aromatic carbocycles. The SMILES string of the molecule is C=CCC[C@@H](O)c1ccco1. The summed E-state index contributed by atoms with van der Waals surface area (Å²) in [5, 5.41) is 9.40. The van der Waals surface area contributed by atoms with Crippen LogP contribution < -0.4 is 0 Å². The van der Waals surface area contributed by atoms with Crippen LogP contribution >= 0.6 is 0 Å². The van der Waals surface area contributed by atoms with Crippen molar-refractivity contribution in [1.29, 1.82) is 0 Å². The summed E-state index contributed by atoms with van der Waals surface area (Å²) in [6.45, 7) is 3.57. The van der Waals surface area contributed by atoms with E-state index in [2.05, 4.69) is 6.58 Å². The van der Waals surface area contributed by atoms with Crippen LogP contribution in [0.15, 0.2) is 35.5 Å². The monoisotopic (exact) mass is 152 g/mol. The zero-order valence-electron chi connectivity index (χ0n) is 6.36. The summed E-state index contributed by atoms with van der Waals surface area (Å²) < 4.78 is 5.01. The Morgan fingerprint density at radius 1 is 1.73 bits per heavy atom. The van der Waals surface area contributed by atoms with Crippen LogP contribution in [0.1, 0.15) is 24.7 Å². The smallest absolute Gasteiger partial charge is 0.132 e. The van der Waals surface area contributed by atoms with E-state index < -0.39 is 6.10 Å². The van der Waals surface area contributed by atoms with E-state index in [0.29, 0.717) is 12.2 Å². The molecule has 1 atom stereocenters. The van der Waals surface area contributed by atoms with Gasteiger partial charge in [0.2, 0.25) is 0 Å². The van der Waals surface area contributed by atoms with Crippen molar-refractivity contribution < 1.29 is 9.52 Å². The predicted octanol–water partition coefficient (Wildman–Crippen LogP) is 2.28. The molecule has 2 heteroatoms. The number of aliphatic hydroxyl groups excluding tert-OH is 1. The van der Waals surface area contributed by atoms with Gasteiger partial charge in [0.15, 0.2) is 0 Å². The van der Waals surface area contributed by atoms with Gasteiger partial charge in [0, 0.05) is 0 Å². The lowest BCUT2D eigenvalue weighted by Gasteiger charge is -2.03. The van der Waals surface area contributed by atoms with E-state index in [1.165, 1.54) is 0 Å². The Bertz CT molecular complexity index is 201. The van der Waals surface area contributed by atoms with Crippen LogP contribution in [0.2, 0.25) is 0 Å². The van der Waals surface area contributed by atoms with Crippen molar-refractivity contribution in [1.82, 2.24) is 0 Å². The molecule has 0 aliphatic heterocycles. The minimum atomic E-state index is -0.483. The highest BCUT2D eigenvalue weighted by atomic mass is 16.4. The van der Waals surface area contributed by atoms with Crippen LogP contribution in [-0.2, 0) is 0 Å². The highest BCUT2D eigenvalue weighted by Crippen LogP contribution is 2.17. The molecule has 1 aromatic heterocycles. The number of hydrogen-bond donors (Lipinski definition) is 1. The number of rotatable bonds is 4. The summed E-state index contributed by atoms with van der Waals surface area (Å²) in [7, 11) is 0. The average molecular weight is 152 g/mol. The van der Waals surface area contributed by atoms with Crippen molar-refractivity contribution in [3.05, 3.63) is 36.8 Å². The van der Waals surface area contributed by atoms with Gasteiger partial charge >= 0.3 is 0 Å². The fourth-order valence-corrected chi connectivity index (χ4v) is 0.899. The van der Waals surface area contributed by atoms with Gasteiger partial charge in [-0.1, -0.05) is 6.08 Å². The third kappa shape index (κ3) is 2.24. The lowest BCUT2D eigenvalue weighted by Crippen LogP contribution is -1.93. The van der Waals surface area contributed by atoms with Gasteiger partial charge in [-0.05, 0) is 25.0 Å². The maximum absolute atomic E-state index is 9.40. The molecule has 1 heterocycles. The first kappa shape index (κ1) is 8.08. The van der Waals surface area contributed by atoms with Gasteiger partial charge in [-0.2, -0.15) is 0 Å². The van der Waals surface area contributed by atoms with Crippen LogP contribution in [0.5, 0.6) is 0 Å². The van der Waals surface area contributed by atoms with E-state index in [1.54, 1.807) is 24.5 Å². The van der Waals surface area contributed by atoms with Crippen LogP contribution in [-0.4, -0.2) is 5.11 Å². The van der Waals surface area contributed by atoms with Gasteiger partial charge in [-0.15, -0.1) is 6.58 Å². The van der Waals surface area contributed by atoms with E-state index >= 15 is 0 Å². The van der Waals surface area contributed by atoms with Gasteiger partial charge in [0.05, 0.1) is 6.26 Å². The molecule has 1 N–H and O–H groups in total. The van der Waals surface area contributed by atoms with Gasteiger partial charge in [-0.3, -0.25) is 0 Å². The zero-order chi connectivity index (χ0) is 8.10. The lowest BCUT2D eigenvalue weighted by molar-refractivity contribution is 0.141. The Morgan fingerprint density at radius 3 is 3.09 bits per heavy atom. The van der Waals surface area contributed by atoms with E-state index in [4.69, 9.17) is 4.42 Å². The molecule has 60 valence electrons. The molecule has 0 aliphatic carbocycles. The van der Waals surface area contributed by atoms with Gasteiger partial charge in [-0.25, -0.2) is 0 Å². The Kier molecular flexibility index (Phi) is 2.93. The molecule has 0 unspecified atom stereocenters. The molecule has 1 aromatic rings. The maximum atomic E-state index is 9.40. The Hall–Kier alpha value is -1.02. The van der Waals surface area contributed by atoms with Crippen LogP contribution in [0.25, 0.3) is 0 Å². The molecule has 0 radical (unpaired) electrons. The third-order valence-corrected chi connectivity index (χ3v) is 1.52. The Morgan fingerprint density at radius 2 is 2.55 bits per heavy atom. The molecule has 0 aliphatic rings. The Balaban J connectivity index is 2.42. The normalized spacial score (nSPS) is 12.8. The van der Waals surface area contributed by atoms with Crippen LogP contribution in [0.4, 0.5) is 0 Å². The second-order valence-corrected chi connectivity index (χ2v) is 2.40. The highest BCUT2D eigenvalue weighted by Gasteiger charge is 2.07. The molecule has 0 saturated heterocycles. The first-order valence-corrected chi connectivity index (χ1v) is 3.67. The van der Waals surface area contributed by atoms with E-state index in [1.807, 2.05) is 0 Å². The zero-order valence-corrected chi connectivity index (χ0v) is 6.36. The summed E-state index contributed by atoms with van der Waals surface area (Å²) >= 11 is 0. The standard InChI is InChI=1S/C9H12O2/c1-2-3-5-8(10)9-6-4-7-11-9/h2,4,6-8,10H,1,3,5H2/t8-/m1/s1. The summed E-state index contributed by atoms with van der Waals surface area (Å²) in [5.74, 6) is 0.631. The van der Waals surface area contributed by atoms with Crippen LogP contribution in [0, 0.1) is 0 Å². The van der Waals surface area contributed by atoms with E-state index in [9.17, 15) is 5.11 Å².